The van der Waals surface area contributed by atoms with E-state index in [0.29, 0.717) is 11.4 Å². The minimum Gasteiger partial charge on any atom is -0.462 e. The molecule has 1 N–H and O–H groups in total. The molecular weight excluding hydrogens is 404 g/mol. The van der Waals surface area contributed by atoms with Gasteiger partial charge in [0.1, 0.15) is 6.04 Å². The number of halogens is 1. The molecule has 7 nitrogen and oxygen atoms in total. The molecule has 0 aromatic heterocycles. The monoisotopic (exact) mass is 424 g/mol. The van der Waals surface area contributed by atoms with E-state index in [1.165, 1.54) is 25.1 Å². The number of benzene rings is 2. The lowest BCUT2D eigenvalue weighted by atomic mass is 10.2. The van der Waals surface area contributed by atoms with Crippen molar-refractivity contribution in [3.63, 3.8) is 0 Å². The second-order valence-corrected chi connectivity index (χ2v) is 8.24. The number of nitrogens with one attached hydrogen (secondary N) is 1. The van der Waals surface area contributed by atoms with E-state index in [4.69, 9.17) is 16.3 Å². The fraction of sp³-hybridized carbons (Fsp3) is 0.263. The highest BCUT2D eigenvalue weighted by Crippen LogP contribution is 2.24. The number of anilines is 2. The van der Waals surface area contributed by atoms with E-state index >= 15 is 0 Å². The molecule has 0 saturated carbocycles. The minimum atomic E-state index is -3.71. The van der Waals surface area contributed by atoms with Crippen molar-refractivity contribution in [2.24, 2.45) is 0 Å². The third-order valence-electron chi connectivity index (χ3n) is 3.83. The second-order valence-electron chi connectivity index (χ2n) is 5.97. The molecule has 0 heterocycles. The third-order valence-corrected chi connectivity index (χ3v) is 5.40. The van der Waals surface area contributed by atoms with Crippen molar-refractivity contribution in [3.8, 4) is 0 Å². The molecule has 0 spiro atoms. The molecule has 1 amide bonds. The summed E-state index contributed by atoms with van der Waals surface area (Å²) in [4.78, 5) is 24.7. The average molecular weight is 425 g/mol. The number of sulfonamides is 1. The van der Waals surface area contributed by atoms with Crippen LogP contribution in [0.4, 0.5) is 11.4 Å². The van der Waals surface area contributed by atoms with E-state index < -0.39 is 27.9 Å². The van der Waals surface area contributed by atoms with Gasteiger partial charge >= 0.3 is 5.97 Å². The third kappa shape index (κ3) is 5.24. The number of rotatable bonds is 7. The molecule has 1 atom stereocenters. The van der Waals surface area contributed by atoms with Crippen molar-refractivity contribution in [1.82, 2.24) is 0 Å². The van der Waals surface area contributed by atoms with Crippen LogP contribution >= 0.6 is 11.6 Å². The summed E-state index contributed by atoms with van der Waals surface area (Å²) < 4.78 is 30.5. The highest BCUT2D eigenvalue weighted by molar-refractivity contribution is 7.92. The van der Waals surface area contributed by atoms with Crippen molar-refractivity contribution in [2.75, 3.05) is 22.5 Å². The van der Waals surface area contributed by atoms with Crippen molar-refractivity contribution >= 4 is 44.9 Å². The van der Waals surface area contributed by atoms with Gasteiger partial charge in [-0.1, -0.05) is 29.8 Å². The summed E-state index contributed by atoms with van der Waals surface area (Å²) in [6, 6.07) is 11.7. The minimum absolute atomic E-state index is 0.108. The smallest absolute Gasteiger partial charge is 0.339 e. The van der Waals surface area contributed by atoms with E-state index in [2.05, 4.69) is 5.32 Å². The summed E-state index contributed by atoms with van der Waals surface area (Å²) in [5, 5.41) is 2.80. The molecule has 0 radical (unpaired) electrons. The quantitative estimate of drug-likeness (QED) is 0.688. The van der Waals surface area contributed by atoms with Crippen molar-refractivity contribution < 1.29 is 22.7 Å². The molecule has 0 bridgehead atoms. The first-order valence-electron chi connectivity index (χ1n) is 8.47. The van der Waals surface area contributed by atoms with Crippen LogP contribution in [0.2, 0.25) is 5.02 Å². The van der Waals surface area contributed by atoms with Gasteiger partial charge in [-0.05, 0) is 44.2 Å². The van der Waals surface area contributed by atoms with Crippen LogP contribution in [0.15, 0.2) is 48.5 Å². The Morgan fingerprint density at radius 3 is 2.39 bits per heavy atom. The molecule has 0 aliphatic heterocycles. The zero-order valence-corrected chi connectivity index (χ0v) is 17.3. The largest absolute Gasteiger partial charge is 0.462 e. The standard InChI is InChI=1S/C19H21ClN2O5S/c1-4-27-19(24)16-12-14(10-11-17(16)20)21-18(23)13(2)22(28(3,25)26)15-8-6-5-7-9-15/h5-13H,4H2,1-3H3,(H,21,23). The number of ether oxygens (including phenoxy) is 1. The molecular formula is C19H21ClN2O5S. The van der Waals surface area contributed by atoms with Crippen LogP contribution in [0, 0.1) is 0 Å². The van der Waals surface area contributed by atoms with Crippen LogP contribution in [0.1, 0.15) is 24.2 Å². The van der Waals surface area contributed by atoms with Gasteiger partial charge in [0, 0.05) is 5.69 Å². The maximum Gasteiger partial charge on any atom is 0.339 e. The van der Waals surface area contributed by atoms with Gasteiger partial charge in [0.15, 0.2) is 0 Å². The summed E-state index contributed by atoms with van der Waals surface area (Å²) in [7, 11) is -3.71. The van der Waals surface area contributed by atoms with E-state index in [9.17, 15) is 18.0 Å². The Hall–Kier alpha value is -2.58. The number of carbonyl (C=O) groups excluding carboxylic acids is 2. The van der Waals surface area contributed by atoms with E-state index in [0.717, 1.165) is 10.6 Å². The summed E-state index contributed by atoms with van der Waals surface area (Å²) in [6.07, 6.45) is 1.03. The van der Waals surface area contributed by atoms with Crippen LogP contribution in [0.5, 0.6) is 0 Å². The molecule has 9 heteroatoms. The predicted octanol–water partition coefficient (Wildman–Crippen LogP) is 3.31. The normalized spacial score (nSPS) is 12.1. The summed E-state index contributed by atoms with van der Waals surface area (Å²) >= 11 is 6.02. The lowest BCUT2D eigenvalue weighted by Crippen LogP contribution is -2.45. The number of amides is 1. The zero-order valence-electron chi connectivity index (χ0n) is 15.7. The lowest BCUT2D eigenvalue weighted by Gasteiger charge is -2.28. The molecule has 2 rings (SSSR count). The fourth-order valence-corrected chi connectivity index (χ4v) is 3.97. The molecule has 1 unspecified atom stereocenters. The van der Waals surface area contributed by atoms with Gasteiger partial charge in [0.25, 0.3) is 0 Å². The molecule has 2 aromatic carbocycles. The van der Waals surface area contributed by atoms with E-state index in [-0.39, 0.29) is 17.2 Å². The molecule has 28 heavy (non-hydrogen) atoms. The van der Waals surface area contributed by atoms with Gasteiger partial charge in [-0.2, -0.15) is 0 Å². The lowest BCUT2D eigenvalue weighted by molar-refractivity contribution is -0.116. The molecule has 0 aliphatic rings. The maximum absolute atomic E-state index is 12.7. The van der Waals surface area contributed by atoms with Gasteiger partial charge in [0.05, 0.1) is 29.1 Å². The SMILES string of the molecule is CCOC(=O)c1cc(NC(=O)C(C)N(c2ccccc2)S(C)(=O)=O)ccc1Cl. The Balaban J connectivity index is 2.28. The number of hydrogen-bond donors (Lipinski definition) is 1. The molecule has 0 aliphatic carbocycles. The fourth-order valence-electron chi connectivity index (χ4n) is 2.60. The first kappa shape index (κ1) is 21.7. The van der Waals surface area contributed by atoms with Gasteiger partial charge in [-0.3, -0.25) is 9.10 Å². The average Bonchev–Trinajstić information content (AvgIpc) is 2.63. The van der Waals surface area contributed by atoms with E-state index in [1.807, 2.05) is 0 Å². The number of nitrogens with zero attached hydrogens (tertiary/aromatic N) is 1. The molecule has 0 fully saturated rings. The van der Waals surface area contributed by atoms with Crippen LogP contribution in [0.25, 0.3) is 0 Å². The van der Waals surface area contributed by atoms with Gasteiger partial charge in [0.2, 0.25) is 15.9 Å². The zero-order chi connectivity index (χ0) is 20.9. The maximum atomic E-state index is 12.7. The van der Waals surface area contributed by atoms with Crippen LogP contribution in [-0.2, 0) is 19.6 Å². The number of para-hydroxylation sites is 1. The van der Waals surface area contributed by atoms with Crippen molar-refractivity contribution in [3.05, 3.63) is 59.1 Å². The van der Waals surface area contributed by atoms with Gasteiger partial charge in [-0.25, -0.2) is 13.2 Å². The molecule has 0 saturated heterocycles. The topological polar surface area (TPSA) is 92.8 Å². The summed E-state index contributed by atoms with van der Waals surface area (Å²) in [6.45, 7) is 3.33. The Bertz CT molecular complexity index is 964. The second kappa shape index (κ2) is 9.07. The van der Waals surface area contributed by atoms with E-state index in [1.54, 1.807) is 37.3 Å². The van der Waals surface area contributed by atoms with Crippen LogP contribution in [0.3, 0.4) is 0 Å². The Morgan fingerprint density at radius 2 is 1.82 bits per heavy atom. The van der Waals surface area contributed by atoms with Crippen molar-refractivity contribution in [1.29, 1.82) is 0 Å². The Labute approximate surface area is 169 Å². The van der Waals surface area contributed by atoms with Crippen molar-refractivity contribution in [2.45, 2.75) is 19.9 Å². The number of esters is 1. The van der Waals surface area contributed by atoms with Crippen LogP contribution in [-0.4, -0.2) is 39.2 Å². The first-order chi connectivity index (χ1) is 13.1. The number of carbonyl (C=O) groups is 2. The Morgan fingerprint density at radius 1 is 1.18 bits per heavy atom. The summed E-state index contributed by atoms with van der Waals surface area (Å²) in [5.41, 5.74) is 0.777. The van der Waals surface area contributed by atoms with Gasteiger partial charge in [-0.15, -0.1) is 0 Å². The first-order valence-corrected chi connectivity index (χ1v) is 10.7. The predicted molar refractivity (Wildman–Crippen MR) is 109 cm³/mol. The van der Waals surface area contributed by atoms with Crippen LogP contribution < -0.4 is 9.62 Å². The highest BCUT2D eigenvalue weighted by atomic mass is 35.5. The Kier molecular flexibility index (Phi) is 7.04. The molecule has 2 aromatic rings. The van der Waals surface area contributed by atoms with Gasteiger partial charge < -0.3 is 10.1 Å². The highest BCUT2D eigenvalue weighted by Gasteiger charge is 2.29. The number of hydrogen-bond acceptors (Lipinski definition) is 5. The molecule has 150 valence electrons. The summed E-state index contributed by atoms with van der Waals surface area (Å²) in [5.74, 6) is -1.18.